The molecular weight excluding hydrogens is 386 g/mol. The molecule has 1 aliphatic heterocycles. The smallest absolute Gasteiger partial charge is 0.247 e. The summed E-state index contributed by atoms with van der Waals surface area (Å²) < 4.78 is 12.3. The maximum absolute atomic E-state index is 12.8. The summed E-state index contributed by atoms with van der Waals surface area (Å²) in [6.07, 6.45) is 3.24. The van der Waals surface area contributed by atoms with Gasteiger partial charge in [0.05, 0.1) is 32.0 Å². The molecule has 0 spiro atoms. The molecule has 4 rings (SSSR count). The highest BCUT2D eigenvalue weighted by Crippen LogP contribution is 2.21. The Morgan fingerprint density at radius 2 is 1.26 bits per heavy atom. The first-order valence-electron chi connectivity index (χ1n) is 10.6. The third-order valence-corrected chi connectivity index (χ3v) is 5.37. The summed E-state index contributed by atoms with van der Waals surface area (Å²) in [4.78, 5) is 14.6. The molecule has 0 radical (unpaired) electrons. The third-order valence-electron chi connectivity index (χ3n) is 5.37. The average Bonchev–Trinajstić information content (AvgIpc) is 2.82. The molecule has 4 heteroatoms. The third kappa shape index (κ3) is 5.91. The van der Waals surface area contributed by atoms with E-state index >= 15 is 0 Å². The van der Waals surface area contributed by atoms with Gasteiger partial charge in [-0.05, 0) is 22.8 Å². The van der Waals surface area contributed by atoms with Gasteiger partial charge in [-0.15, -0.1) is 0 Å². The van der Waals surface area contributed by atoms with E-state index in [1.165, 1.54) is 0 Å². The second kappa shape index (κ2) is 10.7. The zero-order chi connectivity index (χ0) is 21.3. The summed E-state index contributed by atoms with van der Waals surface area (Å²) in [5.41, 5.74) is 3.30. The van der Waals surface area contributed by atoms with Crippen molar-refractivity contribution in [1.82, 2.24) is 4.90 Å². The van der Waals surface area contributed by atoms with Crippen LogP contribution in [0.4, 0.5) is 0 Å². The van der Waals surface area contributed by atoms with Gasteiger partial charge in [0, 0.05) is 12.6 Å². The first-order valence-corrected chi connectivity index (χ1v) is 10.6. The van der Waals surface area contributed by atoms with E-state index in [1.807, 2.05) is 102 Å². The van der Waals surface area contributed by atoms with E-state index in [0.29, 0.717) is 26.4 Å². The Morgan fingerprint density at radius 1 is 0.710 bits per heavy atom. The molecule has 4 nitrogen and oxygen atoms in total. The molecule has 0 fully saturated rings. The summed E-state index contributed by atoms with van der Waals surface area (Å²) in [6.45, 7) is 1.91. The quantitative estimate of drug-likeness (QED) is 0.508. The molecule has 2 atom stereocenters. The average molecular weight is 414 g/mol. The van der Waals surface area contributed by atoms with E-state index in [1.54, 1.807) is 6.08 Å². The van der Waals surface area contributed by atoms with Crippen molar-refractivity contribution < 1.29 is 14.3 Å². The van der Waals surface area contributed by atoms with Gasteiger partial charge in [0.2, 0.25) is 5.91 Å². The highest BCUT2D eigenvalue weighted by molar-refractivity contribution is 5.89. The summed E-state index contributed by atoms with van der Waals surface area (Å²) in [5, 5.41) is 0. The van der Waals surface area contributed by atoms with Gasteiger partial charge >= 0.3 is 0 Å². The van der Waals surface area contributed by atoms with Crippen LogP contribution in [0.3, 0.4) is 0 Å². The Morgan fingerprint density at radius 3 is 1.87 bits per heavy atom. The van der Waals surface area contributed by atoms with Crippen molar-refractivity contribution in [2.24, 2.45) is 0 Å². The molecule has 0 N–H and O–H groups in total. The van der Waals surface area contributed by atoms with Crippen molar-refractivity contribution in [1.29, 1.82) is 0 Å². The SMILES string of the molecule is O=C1C=C[C@H](OCc2ccccc2)[C@@H](COCc2ccccc2)N1Cc1ccccc1. The lowest BCUT2D eigenvalue weighted by molar-refractivity contribution is -0.137. The Bertz CT molecular complexity index is 973. The Hall–Kier alpha value is -3.21. The zero-order valence-corrected chi connectivity index (χ0v) is 17.5. The lowest BCUT2D eigenvalue weighted by atomic mass is 10.0. The van der Waals surface area contributed by atoms with E-state index in [9.17, 15) is 4.79 Å². The minimum Gasteiger partial charge on any atom is -0.375 e. The highest BCUT2D eigenvalue weighted by atomic mass is 16.5. The summed E-state index contributed by atoms with van der Waals surface area (Å²) in [5.74, 6) is -0.0169. The van der Waals surface area contributed by atoms with E-state index < -0.39 is 0 Å². The predicted octanol–water partition coefficient (Wildman–Crippen LogP) is 4.76. The van der Waals surface area contributed by atoms with Crippen LogP contribution in [0.15, 0.2) is 103 Å². The summed E-state index contributed by atoms with van der Waals surface area (Å²) in [6, 6.07) is 30.0. The molecule has 1 heterocycles. The fraction of sp³-hybridized carbons (Fsp3) is 0.222. The van der Waals surface area contributed by atoms with Crippen LogP contribution < -0.4 is 0 Å². The van der Waals surface area contributed by atoms with Gasteiger partial charge in [-0.25, -0.2) is 0 Å². The van der Waals surface area contributed by atoms with Gasteiger partial charge in [-0.2, -0.15) is 0 Å². The molecular formula is C27H27NO3. The molecule has 158 valence electrons. The van der Waals surface area contributed by atoms with Crippen molar-refractivity contribution in [3.05, 3.63) is 120 Å². The molecule has 0 saturated heterocycles. The van der Waals surface area contributed by atoms with Crippen LogP contribution in [0.2, 0.25) is 0 Å². The first kappa shape index (κ1) is 21.0. The first-order chi connectivity index (χ1) is 15.3. The Kier molecular flexibility index (Phi) is 7.27. The molecule has 0 aromatic heterocycles. The van der Waals surface area contributed by atoms with Gasteiger partial charge < -0.3 is 14.4 Å². The molecule has 3 aromatic carbocycles. The molecule has 0 bridgehead atoms. The molecule has 0 aliphatic carbocycles. The molecule has 1 aliphatic rings. The molecule has 31 heavy (non-hydrogen) atoms. The second-order valence-corrected chi connectivity index (χ2v) is 7.64. The Balaban J connectivity index is 1.48. The van der Waals surface area contributed by atoms with E-state index in [2.05, 4.69) is 0 Å². The van der Waals surface area contributed by atoms with Crippen molar-refractivity contribution >= 4 is 5.91 Å². The molecule has 0 unspecified atom stereocenters. The number of amides is 1. The lowest BCUT2D eigenvalue weighted by Gasteiger charge is -2.38. The minimum absolute atomic E-state index is 0.0169. The summed E-state index contributed by atoms with van der Waals surface area (Å²) in [7, 11) is 0. The number of ether oxygens (including phenoxy) is 2. The number of rotatable bonds is 9. The minimum atomic E-state index is -0.239. The van der Waals surface area contributed by atoms with Gasteiger partial charge in [-0.1, -0.05) is 91.0 Å². The predicted molar refractivity (Wildman–Crippen MR) is 121 cm³/mol. The number of carbonyl (C=O) groups is 1. The van der Waals surface area contributed by atoms with Crippen LogP contribution in [0.25, 0.3) is 0 Å². The number of carbonyl (C=O) groups excluding carboxylic acids is 1. The van der Waals surface area contributed by atoms with Crippen LogP contribution in [-0.4, -0.2) is 29.6 Å². The number of hydrogen-bond donors (Lipinski definition) is 0. The molecule has 0 saturated carbocycles. The Labute approximate surface area is 183 Å². The van der Waals surface area contributed by atoms with Crippen molar-refractivity contribution in [2.45, 2.75) is 31.9 Å². The highest BCUT2D eigenvalue weighted by Gasteiger charge is 2.33. The maximum atomic E-state index is 12.8. The van der Waals surface area contributed by atoms with Crippen molar-refractivity contribution in [3.8, 4) is 0 Å². The van der Waals surface area contributed by atoms with Crippen LogP contribution in [0, 0.1) is 0 Å². The van der Waals surface area contributed by atoms with Crippen LogP contribution in [0.1, 0.15) is 16.7 Å². The number of benzene rings is 3. The zero-order valence-electron chi connectivity index (χ0n) is 17.5. The topological polar surface area (TPSA) is 38.8 Å². The van der Waals surface area contributed by atoms with Gasteiger partial charge in [0.1, 0.15) is 0 Å². The van der Waals surface area contributed by atoms with Gasteiger partial charge in [-0.3, -0.25) is 4.79 Å². The standard InChI is InChI=1S/C27H27NO3/c29-27-17-16-26(31-20-24-14-8-3-9-15-24)25(21-30-19-23-12-6-2-7-13-23)28(27)18-22-10-4-1-5-11-22/h1-17,25-26H,18-21H2/t25-,26+/m1/s1. The van der Waals surface area contributed by atoms with Crippen LogP contribution in [0.5, 0.6) is 0 Å². The fourth-order valence-electron chi connectivity index (χ4n) is 3.71. The van der Waals surface area contributed by atoms with Gasteiger partial charge in [0.15, 0.2) is 0 Å². The number of nitrogens with zero attached hydrogens (tertiary/aromatic N) is 1. The normalized spacial score (nSPS) is 18.3. The maximum Gasteiger partial charge on any atom is 0.247 e. The van der Waals surface area contributed by atoms with Crippen LogP contribution >= 0.6 is 0 Å². The second-order valence-electron chi connectivity index (χ2n) is 7.64. The molecule has 3 aromatic rings. The van der Waals surface area contributed by atoms with Crippen LogP contribution in [-0.2, 0) is 34.0 Å². The lowest BCUT2D eigenvalue weighted by Crippen LogP contribution is -2.51. The van der Waals surface area contributed by atoms with Gasteiger partial charge in [0.25, 0.3) is 0 Å². The molecule has 1 amide bonds. The monoisotopic (exact) mass is 413 g/mol. The van der Waals surface area contributed by atoms with E-state index in [4.69, 9.17) is 9.47 Å². The van der Waals surface area contributed by atoms with Crippen molar-refractivity contribution in [3.63, 3.8) is 0 Å². The number of hydrogen-bond acceptors (Lipinski definition) is 3. The van der Waals surface area contributed by atoms with Crippen molar-refractivity contribution in [2.75, 3.05) is 6.61 Å². The van der Waals surface area contributed by atoms with E-state index in [0.717, 1.165) is 16.7 Å². The summed E-state index contributed by atoms with van der Waals surface area (Å²) >= 11 is 0. The largest absolute Gasteiger partial charge is 0.375 e. The fourth-order valence-corrected chi connectivity index (χ4v) is 3.71. The van der Waals surface area contributed by atoms with E-state index in [-0.39, 0.29) is 18.1 Å².